The van der Waals surface area contributed by atoms with Gasteiger partial charge < -0.3 is 15.0 Å². The van der Waals surface area contributed by atoms with Crippen LogP contribution in [0.2, 0.25) is 0 Å². The van der Waals surface area contributed by atoms with Crippen molar-refractivity contribution in [1.29, 1.82) is 0 Å². The van der Waals surface area contributed by atoms with E-state index >= 15 is 0 Å². The van der Waals surface area contributed by atoms with E-state index < -0.39 is 0 Å². The van der Waals surface area contributed by atoms with Crippen molar-refractivity contribution in [3.63, 3.8) is 0 Å². The molecule has 1 aromatic carbocycles. The maximum Gasteiger partial charge on any atom is 0.227 e. The lowest BCUT2D eigenvalue weighted by atomic mass is 9.97. The van der Waals surface area contributed by atoms with Crippen molar-refractivity contribution < 1.29 is 9.53 Å². The van der Waals surface area contributed by atoms with E-state index in [1.807, 2.05) is 38.5 Å². The number of fused-ring (bicyclic) bond motifs is 1. The monoisotopic (exact) mass is 339 g/mol. The van der Waals surface area contributed by atoms with Crippen molar-refractivity contribution >= 4 is 11.6 Å². The zero-order valence-corrected chi connectivity index (χ0v) is 15.1. The highest BCUT2D eigenvalue weighted by molar-refractivity contribution is 5.96. The summed E-state index contributed by atoms with van der Waals surface area (Å²) in [4.78, 5) is 17.9. The molecule has 1 aromatic heterocycles. The zero-order chi connectivity index (χ0) is 17.8. The van der Waals surface area contributed by atoms with Gasteiger partial charge in [-0.1, -0.05) is 13.0 Å². The Morgan fingerprint density at radius 2 is 2.08 bits per heavy atom. The lowest BCUT2D eigenvalue weighted by Gasteiger charge is -2.26. The molecule has 1 aliphatic rings. The fraction of sp³-hybridized carbons (Fsp3) is 0.400. The summed E-state index contributed by atoms with van der Waals surface area (Å²) in [7, 11) is 3.76. The number of amides is 1. The second-order valence-electron chi connectivity index (χ2n) is 6.41. The molecular formula is C20H25N3O2. The van der Waals surface area contributed by atoms with E-state index in [0.717, 1.165) is 42.0 Å². The quantitative estimate of drug-likeness (QED) is 0.879. The third-order valence-electron chi connectivity index (χ3n) is 4.66. The molecule has 132 valence electrons. The van der Waals surface area contributed by atoms with Gasteiger partial charge in [0.2, 0.25) is 5.91 Å². The van der Waals surface area contributed by atoms with Crippen LogP contribution in [-0.4, -0.2) is 37.6 Å². The van der Waals surface area contributed by atoms with Gasteiger partial charge in [-0.2, -0.15) is 0 Å². The number of aromatic nitrogens is 1. The Morgan fingerprint density at radius 3 is 2.84 bits per heavy atom. The minimum atomic E-state index is 0.130. The van der Waals surface area contributed by atoms with E-state index in [9.17, 15) is 4.79 Å². The molecule has 2 heterocycles. The Balaban J connectivity index is 1.85. The number of nitrogens with zero attached hydrogens (tertiary/aromatic N) is 2. The fourth-order valence-electron chi connectivity index (χ4n) is 3.17. The summed E-state index contributed by atoms with van der Waals surface area (Å²) >= 11 is 0. The number of anilines is 1. The van der Waals surface area contributed by atoms with Crippen LogP contribution in [-0.2, 0) is 11.2 Å². The summed E-state index contributed by atoms with van der Waals surface area (Å²) in [6.07, 6.45) is 6.03. The van der Waals surface area contributed by atoms with Crippen LogP contribution < -0.4 is 15.0 Å². The molecule has 0 aliphatic carbocycles. The molecule has 3 rings (SSSR count). The highest BCUT2D eigenvalue weighted by Crippen LogP contribution is 2.32. The smallest absolute Gasteiger partial charge is 0.227 e. The predicted molar refractivity (Wildman–Crippen MR) is 100 cm³/mol. The van der Waals surface area contributed by atoms with Crippen molar-refractivity contribution in [3.05, 3.63) is 42.2 Å². The van der Waals surface area contributed by atoms with Gasteiger partial charge in [-0.05, 0) is 49.2 Å². The van der Waals surface area contributed by atoms with E-state index in [4.69, 9.17) is 4.74 Å². The van der Waals surface area contributed by atoms with Gasteiger partial charge in [0.15, 0.2) is 0 Å². The third-order valence-corrected chi connectivity index (χ3v) is 4.66. The first-order valence-electron chi connectivity index (χ1n) is 8.78. The van der Waals surface area contributed by atoms with Crippen molar-refractivity contribution in [3.8, 4) is 16.9 Å². The normalized spacial score (nSPS) is 15.0. The Morgan fingerprint density at radius 1 is 1.24 bits per heavy atom. The molecule has 0 saturated carbocycles. The molecule has 0 fully saturated rings. The highest BCUT2D eigenvalue weighted by Gasteiger charge is 2.21. The molecule has 25 heavy (non-hydrogen) atoms. The molecule has 1 unspecified atom stereocenters. The molecule has 0 spiro atoms. The lowest BCUT2D eigenvalue weighted by Crippen LogP contribution is -2.30. The standard InChI is InChI=1S/C20H25N3O2/c1-4-17(12-21-2)25-18-10-16(11-22-13-18)14-5-7-19-15(9-14)6-8-20(24)23(19)3/h5,7,9-11,13,17,21H,4,6,8,12H2,1-3H3. The zero-order valence-electron chi connectivity index (χ0n) is 15.1. The first-order valence-corrected chi connectivity index (χ1v) is 8.78. The number of likely N-dealkylation sites (N-methyl/N-ethyl adjacent to an activating group) is 1. The summed E-state index contributed by atoms with van der Waals surface area (Å²) in [5.74, 6) is 0.956. The summed E-state index contributed by atoms with van der Waals surface area (Å²) in [6, 6.07) is 8.25. The van der Waals surface area contributed by atoms with Crippen molar-refractivity contribution in [2.24, 2.45) is 0 Å². The first-order chi connectivity index (χ1) is 12.1. The molecule has 2 aromatic rings. The largest absolute Gasteiger partial charge is 0.487 e. The van der Waals surface area contributed by atoms with E-state index in [2.05, 4.69) is 23.3 Å². The van der Waals surface area contributed by atoms with Crippen LogP contribution in [0.5, 0.6) is 5.75 Å². The number of ether oxygens (including phenoxy) is 1. The van der Waals surface area contributed by atoms with Crippen LogP contribution in [0.25, 0.3) is 11.1 Å². The number of pyridine rings is 1. The molecular weight excluding hydrogens is 314 g/mol. The Bertz CT molecular complexity index is 760. The van der Waals surface area contributed by atoms with Gasteiger partial charge in [-0.3, -0.25) is 9.78 Å². The third kappa shape index (κ3) is 3.82. The number of hydrogen-bond donors (Lipinski definition) is 1. The number of hydrogen-bond acceptors (Lipinski definition) is 4. The van der Waals surface area contributed by atoms with Gasteiger partial charge in [0.05, 0.1) is 6.20 Å². The maximum atomic E-state index is 11.8. The molecule has 0 radical (unpaired) electrons. The van der Waals surface area contributed by atoms with E-state index in [-0.39, 0.29) is 12.0 Å². The van der Waals surface area contributed by atoms with Crippen LogP contribution in [0.15, 0.2) is 36.7 Å². The molecule has 1 amide bonds. The van der Waals surface area contributed by atoms with Crippen LogP contribution >= 0.6 is 0 Å². The number of aryl methyl sites for hydroxylation is 1. The van der Waals surface area contributed by atoms with Crippen molar-refractivity contribution in [2.45, 2.75) is 32.3 Å². The number of benzene rings is 1. The van der Waals surface area contributed by atoms with E-state index in [1.165, 1.54) is 5.56 Å². The van der Waals surface area contributed by atoms with Crippen LogP contribution in [0.1, 0.15) is 25.3 Å². The van der Waals surface area contributed by atoms with Gasteiger partial charge in [0.25, 0.3) is 0 Å². The average molecular weight is 339 g/mol. The molecule has 0 bridgehead atoms. The molecule has 5 heteroatoms. The number of carbonyl (C=O) groups is 1. The van der Waals surface area contributed by atoms with Crippen LogP contribution in [0, 0.1) is 0 Å². The van der Waals surface area contributed by atoms with Crippen molar-refractivity contribution in [2.75, 3.05) is 25.5 Å². The second kappa shape index (κ2) is 7.66. The van der Waals surface area contributed by atoms with Crippen LogP contribution in [0.3, 0.4) is 0 Å². The van der Waals surface area contributed by atoms with Gasteiger partial charge in [-0.15, -0.1) is 0 Å². The van der Waals surface area contributed by atoms with Gasteiger partial charge in [0.1, 0.15) is 11.9 Å². The van der Waals surface area contributed by atoms with Crippen molar-refractivity contribution in [1.82, 2.24) is 10.3 Å². The number of nitrogens with one attached hydrogen (secondary N) is 1. The lowest BCUT2D eigenvalue weighted by molar-refractivity contribution is -0.118. The topological polar surface area (TPSA) is 54.5 Å². The first kappa shape index (κ1) is 17.4. The summed E-state index contributed by atoms with van der Waals surface area (Å²) < 4.78 is 6.03. The summed E-state index contributed by atoms with van der Waals surface area (Å²) in [6.45, 7) is 2.92. The van der Waals surface area contributed by atoms with Gasteiger partial charge in [-0.25, -0.2) is 0 Å². The molecule has 1 atom stereocenters. The Hall–Kier alpha value is -2.40. The van der Waals surface area contributed by atoms with Gasteiger partial charge in [0, 0.05) is 37.5 Å². The highest BCUT2D eigenvalue weighted by atomic mass is 16.5. The predicted octanol–water partition coefficient (Wildman–Crippen LogP) is 3.03. The van der Waals surface area contributed by atoms with E-state index in [0.29, 0.717) is 6.42 Å². The molecule has 1 N–H and O–H groups in total. The van der Waals surface area contributed by atoms with E-state index in [1.54, 1.807) is 11.1 Å². The SMILES string of the molecule is CCC(CNC)Oc1cncc(-c2ccc3c(c2)CCC(=O)N3C)c1. The molecule has 1 aliphatic heterocycles. The maximum absolute atomic E-state index is 11.8. The minimum absolute atomic E-state index is 0.130. The fourth-order valence-corrected chi connectivity index (χ4v) is 3.17. The Labute approximate surface area is 149 Å². The molecule has 0 saturated heterocycles. The Kier molecular flexibility index (Phi) is 5.34. The average Bonchev–Trinajstić information content (AvgIpc) is 2.64. The molecule has 5 nitrogen and oxygen atoms in total. The minimum Gasteiger partial charge on any atom is -0.487 e. The summed E-state index contributed by atoms with van der Waals surface area (Å²) in [5, 5.41) is 3.15. The van der Waals surface area contributed by atoms with Crippen LogP contribution in [0.4, 0.5) is 5.69 Å². The number of rotatable bonds is 6. The van der Waals surface area contributed by atoms with Gasteiger partial charge >= 0.3 is 0 Å². The number of carbonyl (C=O) groups excluding carboxylic acids is 1. The second-order valence-corrected chi connectivity index (χ2v) is 6.41. The summed E-state index contributed by atoms with van der Waals surface area (Å²) in [5.41, 5.74) is 4.33.